The van der Waals surface area contributed by atoms with E-state index in [-0.39, 0.29) is 5.91 Å². The van der Waals surface area contributed by atoms with Gasteiger partial charge >= 0.3 is 0 Å². The molecule has 3 aromatic carbocycles. The summed E-state index contributed by atoms with van der Waals surface area (Å²) in [5.74, 6) is 1.06. The SMILES string of the molecule is COc1ccc(N=C(NC(=O)c2ccccc2)c2ccccc2)cc1. The lowest BCUT2D eigenvalue weighted by Crippen LogP contribution is -2.31. The van der Waals surface area contributed by atoms with Gasteiger partial charge < -0.3 is 10.1 Å². The smallest absolute Gasteiger partial charge is 0.256 e. The summed E-state index contributed by atoms with van der Waals surface area (Å²) >= 11 is 0. The highest BCUT2D eigenvalue weighted by Crippen LogP contribution is 2.18. The van der Waals surface area contributed by atoms with Crippen molar-refractivity contribution in [2.45, 2.75) is 0 Å². The van der Waals surface area contributed by atoms with Gasteiger partial charge in [0.25, 0.3) is 5.91 Å². The first kappa shape index (κ1) is 16.5. The number of hydrogen-bond acceptors (Lipinski definition) is 3. The fourth-order valence-corrected chi connectivity index (χ4v) is 2.32. The number of hydrogen-bond donors (Lipinski definition) is 1. The highest BCUT2D eigenvalue weighted by Gasteiger charge is 2.10. The zero-order valence-electron chi connectivity index (χ0n) is 13.8. The fourth-order valence-electron chi connectivity index (χ4n) is 2.32. The molecule has 1 N–H and O–H groups in total. The van der Waals surface area contributed by atoms with Crippen molar-refractivity contribution in [1.29, 1.82) is 0 Å². The first-order valence-corrected chi connectivity index (χ1v) is 7.91. The average molecular weight is 330 g/mol. The summed E-state index contributed by atoms with van der Waals surface area (Å²) in [6, 6.07) is 26.0. The minimum absolute atomic E-state index is 0.197. The fraction of sp³-hybridized carbons (Fsp3) is 0.0476. The number of ether oxygens (including phenoxy) is 1. The molecule has 0 heterocycles. The number of amides is 1. The van der Waals surface area contributed by atoms with E-state index in [4.69, 9.17) is 4.74 Å². The second-order valence-electron chi connectivity index (χ2n) is 5.34. The number of methoxy groups -OCH3 is 1. The lowest BCUT2D eigenvalue weighted by molar-refractivity contribution is 0.0977. The number of aliphatic imine (C=N–C) groups is 1. The Balaban J connectivity index is 1.92. The average Bonchev–Trinajstić information content (AvgIpc) is 2.69. The molecule has 0 aliphatic carbocycles. The van der Waals surface area contributed by atoms with Crippen LogP contribution in [0, 0.1) is 0 Å². The van der Waals surface area contributed by atoms with Gasteiger partial charge in [-0.25, -0.2) is 4.99 Å². The molecule has 124 valence electrons. The van der Waals surface area contributed by atoms with Crippen LogP contribution >= 0.6 is 0 Å². The summed E-state index contributed by atoms with van der Waals surface area (Å²) in [6.07, 6.45) is 0. The molecule has 3 rings (SSSR count). The Morgan fingerprint density at radius 1 is 0.800 bits per heavy atom. The van der Waals surface area contributed by atoms with Crippen molar-refractivity contribution < 1.29 is 9.53 Å². The Labute approximate surface area is 146 Å². The summed E-state index contributed by atoms with van der Waals surface area (Å²) in [5, 5.41) is 2.91. The highest BCUT2D eigenvalue weighted by atomic mass is 16.5. The van der Waals surface area contributed by atoms with E-state index >= 15 is 0 Å². The van der Waals surface area contributed by atoms with E-state index in [1.54, 1.807) is 19.2 Å². The first-order valence-electron chi connectivity index (χ1n) is 7.91. The van der Waals surface area contributed by atoms with Gasteiger partial charge in [0.05, 0.1) is 12.8 Å². The first-order chi connectivity index (χ1) is 12.3. The van der Waals surface area contributed by atoms with Crippen molar-refractivity contribution in [3.05, 3.63) is 96.1 Å². The van der Waals surface area contributed by atoms with Gasteiger partial charge in [0.15, 0.2) is 0 Å². The lowest BCUT2D eigenvalue weighted by Gasteiger charge is -2.10. The van der Waals surface area contributed by atoms with Crippen LogP contribution in [0.1, 0.15) is 15.9 Å². The summed E-state index contributed by atoms with van der Waals surface area (Å²) in [4.78, 5) is 17.1. The molecule has 0 aliphatic rings. The van der Waals surface area contributed by atoms with Gasteiger partial charge in [-0.3, -0.25) is 4.79 Å². The minimum Gasteiger partial charge on any atom is -0.497 e. The molecule has 0 unspecified atom stereocenters. The molecule has 0 spiro atoms. The van der Waals surface area contributed by atoms with E-state index in [2.05, 4.69) is 10.3 Å². The molecular weight excluding hydrogens is 312 g/mol. The number of nitrogens with one attached hydrogen (secondary N) is 1. The summed E-state index contributed by atoms with van der Waals surface area (Å²) in [7, 11) is 1.62. The predicted octanol–water partition coefficient (Wildman–Crippen LogP) is 4.20. The molecule has 4 heteroatoms. The molecule has 0 bridgehead atoms. The quantitative estimate of drug-likeness (QED) is 0.576. The summed E-state index contributed by atoms with van der Waals surface area (Å²) in [6.45, 7) is 0. The van der Waals surface area contributed by atoms with Crippen LogP contribution in [0.2, 0.25) is 0 Å². The highest BCUT2D eigenvalue weighted by molar-refractivity contribution is 6.13. The van der Waals surface area contributed by atoms with E-state index in [0.717, 1.165) is 17.0 Å². The monoisotopic (exact) mass is 330 g/mol. The third-order valence-electron chi connectivity index (χ3n) is 3.63. The maximum Gasteiger partial charge on any atom is 0.256 e. The molecule has 0 saturated heterocycles. The number of carbonyl (C=O) groups is 1. The molecule has 25 heavy (non-hydrogen) atoms. The third kappa shape index (κ3) is 4.32. The minimum atomic E-state index is -0.197. The van der Waals surface area contributed by atoms with Gasteiger partial charge in [0, 0.05) is 11.1 Å². The van der Waals surface area contributed by atoms with Crippen LogP contribution < -0.4 is 10.1 Å². The molecule has 4 nitrogen and oxygen atoms in total. The molecule has 0 atom stereocenters. The van der Waals surface area contributed by atoms with Crippen LogP contribution in [-0.2, 0) is 0 Å². The Bertz CT molecular complexity index is 857. The molecule has 0 aliphatic heterocycles. The molecular formula is C21H18N2O2. The number of carbonyl (C=O) groups excluding carboxylic acids is 1. The van der Waals surface area contributed by atoms with E-state index in [1.807, 2.05) is 72.8 Å². The Morgan fingerprint density at radius 2 is 1.36 bits per heavy atom. The van der Waals surface area contributed by atoms with Gasteiger partial charge in [-0.1, -0.05) is 48.5 Å². The van der Waals surface area contributed by atoms with Crippen LogP contribution in [0.25, 0.3) is 0 Å². The Kier molecular flexibility index (Phi) is 5.22. The van der Waals surface area contributed by atoms with Crippen molar-refractivity contribution in [3.63, 3.8) is 0 Å². The second-order valence-corrected chi connectivity index (χ2v) is 5.34. The van der Waals surface area contributed by atoms with Gasteiger partial charge in [-0.15, -0.1) is 0 Å². The molecule has 0 fully saturated rings. The van der Waals surface area contributed by atoms with Gasteiger partial charge in [0.2, 0.25) is 0 Å². The molecule has 3 aromatic rings. The lowest BCUT2D eigenvalue weighted by atomic mass is 10.1. The second kappa shape index (κ2) is 7.93. The predicted molar refractivity (Wildman–Crippen MR) is 99.5 cm³/mol. The summed E-state index contributed by atoms with van der Waals surface area (Å²) < 4.78 is 5.16. The normalized spacial score (nSPS) is 11.0. The van der Waals surface area contributed by atoms with Crippen molar-refractivity contribution in [1.82, 2.24) is 5.32 Å². The van der Waals surface area contributed by atoms with Crippen molar-refractivity contribution in [2.75, 3.05) is 7.11 Å². The maximum atomic E-state index is 12.5. The van der Waals surface area contributed by atoms with Crippen LogP contribution in [0.5, 0.6) is 5.75 Å². The van der Waals surface area contributed by atoms with Gasteiger partial charge in [-0.2, -0.15) is 0 Å². The molecule has 0 saturated carbocycles. The Hall–Kier alpha value is -3.40. The van der Waals surface area contributed by atoms with Crippen LogP contribution in [0.15, 0.2) is 89.9 Å². The van der Waals surface area contributed by atoms with E-state index < -0.39 is 0 Å². The summed E-state index contributed by atoms with van der Waals surface area (Å²) in [5.41, 5.74) is 2.15. The molecule has 1 amide bonds. The van der Waals surface area contributed by atoms with Crippen LogP contribution in [-0.4, -0.2) is 18.9 Å². The molecule has 0 aromatic heterocycles. The van der Waals surface area contributed by atoms with E-state index in [9.17, 15) is 4.79 Å². The zero-order valence-corrected chi connectivity index (χ0v) is 13.8. The number of amidine groups is 1. The van der Waals surface area contributed by atoms with E-state index in [1.165, 1.54) is 0 Å². The van der Waals surface area contributed by atoms with Crippen molar-refractivity contribution in [2.24, 2.45) is 4.99 Å². The topological polar surface area (TPSA) is 50.7 Å². The van der Waals surface area contributed by atoms with E-state index in [0.29, 0.717) is 11.4 Å². The largest absolute Gasteiger partial charge is 0.497 e. The van der Waals surface area contributed by atoms with Crippen molar-refractivity contribution >= 4 is 17.4 Å². The zero-order chi connectivity index (χ0) is 17.5. The van der Waals surface area contributed by atoms with Gasteiger partial charge in [0.1, 0.15) is 11.6 Å². The Morgan fingerprint density at radius 3 is 1.92 bits per heavy atom. The van der Waals surface area contributed by atoms with Crippen LogP contribution in [0.4, 0.5) is 5.69 Å². The van der Waals surface area contributed by atoms with Crippen molar-refractivity contribution in [3.8, 4) is 5.75 Å². The number of rotatable bonds is 4. The number of nitrogens with zero attached hydrogens (tertiary/aromatic N) is 1. The molecule has 0 radical (unpaired) electrons. The number of benzene rings is 3. The standard InChI is InChI=1S/C21H18N2O2/c1-25-19-14-12-18(13-15-19)22-20(16-8-4-2-5-9-16)23-21(24)17-10-6-3-7-11-17/h2-15H,1H3,(H,22,23,24). The van der Waals surface area contributed by atoms with Crippen LogP contribution in [0.3, 0.4) is 0 Å². The van der Waals surface area contributed by atoms with Gasteiger partial charge in [-0.05, 0) is 36.4 Å². The third-order valence-corrected chi connectivity index (χ3v) is 3.63. The maximum absolute atomic E-state index is 12.5.